The van der Waals surface area contributed by atoms with Crippen molar-refractivity contribution in [3.8, 4) is 0 Å². The molecule has 146 valence electrons. The second kappa shape index (κ2) is 8.17. The van der Waals surface area contributed by atoms with E-state index in [2.05, 4.69) is 17.2 Å². The molecule has 0 radical (unpaired) electrons. The molecule has 0 saturated heterocycles. The quantitative estimate of drug-likeness (QED) is 0.601. The van der Waals surface area contributed by atoms with Crippen LogP contribution in [-0.2, 0) is 19.0 Å². The van der Waals surface area contributed by atoms with Gasteiger partial charge in [0.05, 0.1) is 18.2 Å². The number of ether oxygens (including phenoxy) is 3. The first-order valence-electron chi connectivity index (χ1n) is 8.17. The maximum atomic E-state index is 13.8. The molecule has 0 amide bonds. The predicted octanol–water partition coefficient (Wildman–Crippen LogP) is 2.38. The molecule has 3 rings (SSSR count). The molecule has 2 heterocycles. The van der Waals surface area contributed by atoms with Crippen LogP contribution >= 0.6 is 12.2 Å². The van der Waals surface area contributed by atoms with Crippen LogP contribution in [0.25, 0.3) is 5.88 Å². The van der Waals surface area contributed by atoms with Crippen molar-refractivity contribution in [3.63, 3.8) is 0 Å². The molecular formula is C18H15FN2O6S. The number of carbonyl (C=O) groups is 2. The van der Waals surface area contributed by atoms with E-state index in [-0.39, 0.29) is 29.3 Å². The summed E-state index contributed by atoms with van der Waals surface area (Å²) in [6.45, 7) is 1.01. The SMILES string of the molecule is CC(=O)OC1=C(n2cc(F)c(=S)[nH]c2=O)O[C@@H](COC(=O)c2ccccc2)C1. The molecule has 0 saturated carbocycles. The number of hydrogen-bond acceptors (Lipinski definition) is 7. The maximum Gasteiger partial charge on any atom is 0.338 e. The molecule has 1 aromatic heterocycles. The van der Waals surface area contributed by atoms with Gasteiger partial charge in [-0.1, -0.05) is 30.4 Å². The van der Waals surface area contributed by atoms with Crippen LogP contribution in [0.1, 0.15) is 23.7 Å². The van der Waals surface area contributed by atoms with Crippen molar-refractivity contribution in [2.24, 2.45) is 0 Å². The minimum atomic E-state index is -0.855. The zero-order valence-corrected chi connectivity index (χ0v) is 15.5. The average molecular weight is 406 g/mol. The van der Waals surface area contributed by atoms with E-state index in [9.17, 15) is 18.8 Å². The van der Waals surface area contributed by atoms with Crippen LogP contribution in [0.5, 0.6) is 0 Å². The van der Waals surface area contributed by atoms with Gasteiger partial charge < -0.3 is 14.2 Å². The zero-order chi connectivity index (χ0) is 20.3. The molecule has 0 bridgehead atoms. The largest absolute Gasteiger partial charge is 0.469 e. The number of aromatic nitrogens is 2. The molecule has 28 heavy (non-hydrogen) atoms. The Kier molecular flexibility index (Phi) is 5.69. The van der Waals surface area contributed by atoms with Crippen molar-refractivity contribution in [3.05, 3.63) is 68.8 Å². The number of nitrogens with zero attached hydrogens (tertiary/aromatic N) is 1. The number of aromatic amines is 1. The number of esters is 2. The van der Waals surface area contributed by atoms with Crippen LogP contribution in [0.15, 0.2) is 47.1 Å². The van der Waals surface area contributed by atoms with Crippen molar-refractivity contribution in [2.45, 2.75) is 19.4 Å². The van der Waals surface area contributed by atoms with Gasteiger partial charge >= 0.3 is 17.6 Å². The molecule has 1 aromatic carbocycles. The highest BCUT2D eigenvalue weighted by Crippen LogP contribution is 2.29. The number of halogens is 1. The standard InChI is InChI=1S/C18H15FN2O6S/c1-10(22)26-14-7-12(9-25-17(23)11-5-3-2-4-6-11)27-16(14)21-8-13(19)15(28)20-18(21)24/h2-6,8,12H,7,9H2,1H3,(H,20,24,28)/t12-/m1/s1. The average Bonchev–Trinajstić information content (AvgIpc) is 3.05. The molecule has 1 N–H and O–H groups in total. The van der Waals surface area contributed by atoms with Gasteiger partial charge in [-0.05, 0) is 12.1 Å². The van der Waals surface area contributed by atoms with Crippen LogP contribution in [-0.4, -0.2) is 34.2 Å². The van der Waals surface area contributed by atoms with E-state index in [1.165, 1.54) is 6.92 Å². The van der Waals surface area contributed by atoms with Crippen LogP contribution in [0.2, 0.25) is 0 Å². The number of rotatable bonds is 5. The Bertz CT molecular complexity index is 1060. The third-order valence-electron chi connectivity index (χ3n) is 3.72. The molecule has 2 aromatic rings. The van der Waals surface area contributed by atoms with Gasteiger partial charge in [0.2, 0.25) is 5.88 Å². The second-order valence-electron chi connectivity index (χ2n) is 5.84. The zero-order valence-electron chi connectivity index (χ0n) is 14.6. The minimum absolute atomic E-state index is 0.0141. The summed E-state index contributed by atoms with van der Waals surface area (Å²) in [7, 11) is 0. The van der Waals surface area contributed by atoms with Crippen molar-refractivity contribution in [2.75, 3.05) is 6.61 Å². The fourth-order valence-corrected chi connectivity index (χ4v) is 2.67. The summed E-state index contributed by atoms with van der Waals surface area (Å²) in [5.41, 5.74) is -0.407. The first kappa shape index (κ1) is 19.5. The molecular weight excluding hydrogens is 391 g/mol. The molecule has 0 spiro atoms. The minimum Gasteiger partial charge on any atom is -0.469 e. The number of nitrogens with one attached hydrogen (secondary N) is 1. The Morgan fingerprint density at radius 1 is 1.36 bits per heavy atom. The lowest BCUT2D eigenvalue weighted by Crippen LogP contribution is -2.25. The van der Waals surface area contributed by atoms with Crippen LogP contribution in [0.4, 0.5) is 4.39 Å². The number of hydrogen-bond donors (Lipinski definition) is 1. The summed E-state index contributed by atoms with van der Waals surface area (Å²) in [5.74, 6) is -2.22. The molecule has 0 fully saturated rings. The van der Waals surface area contributed by atoms with Crippen LogP contribution < -0.4 is 5.69 Å². The van der Waals surface area contributed by atoms with Crippen molar-refractivity contribution < 1.29 is 28.2 Å². The maximum absolute atomic E-state index is 13.8. The van der Waals surface area contributed by atoms with Gasteiger partial charge in [0.1, 0.15) is 17.4 Å². The molecule has 1 aliphatic rings. The lowest BCUT2D eigenvalue weighted by Gasteiger charge is -2.13. The topological polar surface area (TPSA) is 99.6 Å². The molecule has 0 unspecified atom stereocenters. The van der Waals surface area contributed by atoms with E-state index in [4.69, 9.17) is 14.2 Å². The van der Waals surface area contributed by atoms with E-state index >= 15 is 0 Å². The van der Waals surface area contributed by atoms with Crippen molar-refractivity contribution in [1.29, 1.82) is 0 Å². The Labute approximate surface area is 163 Å². The summed E-state index contributed by atoms with van der Waals surface area (Å²) < 4.78 is 30.1. The highest BCUT2D eigenvalue weighted by atomic mass is 32.1. The monoisotopic (exact) mass is 406 g/mol. The third kappa shape index (κ3) is 4.34. The summed E-state index contributed by atoms with van der Waals surface area (Å²) in [5, 5.41) is 0. The fourth-order valence-electron chi connectivity index (χ4n) is 2.53. The van der Waals surface area contributed by atoms with Gasteiger partial charge in [-0.3, -0.25) is 9.78 Å². The third-order valence-corrected chi connectivity index (χ3v) is 4.02. The first-order valence-corrected chi connectivity index (χ1v) is 8.58. The van der Waals surface area contributed by atoms with Gasteiger partial charge in [0, 0.05) is 6.92 Å². The lowest BCUT2D eigenvalue weighted by atomic mass is 10.2. The van der Waals surface area contributed by atoms with Gasteiger partial charge in [-0.2, -0.15) is 0 Å². The van der Waals surface area contributed by atoms with E-state index in [1.54, 1.807) is 30.3 Å². The first-order chi connectivity index (χ1) is 13.3. The Morgan fingerprint density at radius 3 is 2.75 bits per heavy atom. The van der Waals surface area contributed by atoms with Crippen LogP contribution in [0, 0.1) is 10.5 Å². The summed E-state index contributed by atoms with van der Waals surface area (Å²) in [6, 6.07) is 8.35. The molecule has 8 nitrogen and oxygen atoms in total. The van der Waals surface area contributed by atoms with Crippen molar-refractivity contribution in [1.82, 2.24) is 9.55 Å². The molecule has 1 atom stereocenters. The fraction of sp³-hybridized carbons (Fsp3) is 0.222. The number of carbonyl (C=O) groups excluding carboxylic acids is 2. The number of benzene rings is 1. The second-order valence-corrected chi connectivity index (χ2v) is 6.25. The molecule has 10 heteroatoms. The van der Waals surface area contributed by atoms with Gasteiger partial charge in [-0.15, -0.1) is 0 Å². The summed E-state index contributed by atoms with van der Waals surface area (Å²) in [4.78, 5) is 37.7. The van der Waals surface area contributed by atoms with Gasteiger partial charge in [0.15, 0.2) is 11.6 Å². The van der Waals surface area contributed by atoms with Gasteiger partial charge in [0.25, 0.3) is 0 Å². The van der Waals surface area contributed by atoms with E-state index < -0.39 is 29.5 Å². The summed E-state index contributed by atoms with van der Waals surface area (Å²) >= 11 is 4.67. The smallest absolute Gasteiger partial charge is 0.338 e. The highest BCUT2D eigenvalue weighted by Gasteiger charge is 2.31. The Hall–Kier alpha value is -3.27. The molecule has 0 aliphatic carbocycles. The van der Waals surface area contributed by atoms with E-state index in [0.717, 1.165) is 10.8 Å². The Balaban J connectivity index is 1.78. The van der Waals surface area contributed by atoms with E-state index in [1.807, 2.05) is 0 Å². The predicted molar refractivity (Wildman–Crippen MR) is 97.0 cm³/mol. The van der Waals surface area contributed by atoms with Crippen molar-refractivity contribution >= 4 is 30.0 Å². The number of H-pyrrole nitrogens is 1. The normalized spacial score (nSPS) is 15.9. The van der Waals surface area contributed by atoms with Gasteiger partial charge in [-0.25, -0.2) is 18.5 Å². The lowest BCUT2D eigenvalue weighted by molar-refractivity contribution is -0.137. The van der Waals surface area contributed by atoms with E-state index in [0.29, 0.717) is 5.56 Å². The Morgan fingerprint density at radius 2 is 2.07 bits per heavy atom. The highest BCUT2D eigenvalue weighted by molar-refractivity contribution is 7.71. The molecule has 1 aliphatic heterocycles. The summed E-state index contributed by atoms with van der Waals surface area (Å²) in [6.07, 6.45) is 0.147. The van der Waals surface area contributed by atoms with Crippen LogP contribution in [0.3, 0.4) is 0 Å².